The maximum atomic E-state index is 12.8. The van der Waals surface area contributed by atoms with E-state index >= 15 is 0 Å². The third-order valence-corrected chi connectivity index (χ3v) is 3.45. The van der Waals surface area contributed by atoms with Crippen LogP contribution in [0.3, 0.4) is 0 Å². The predicted molar refractivity (Wildman–Crippen MR) is 62.8 cm³/mol. The Morgan fingerprint density at radius 3 is 2.50 bits per heavy atom. The number of hydrogen-bond acceptors (Lipinski definition) is 2. The van der Waals surface area contributed by atoms with Crippen LogP contribution in [0.5, 0.6) is 0 Å². The van der Waals surface area contributed by atoms with Gasteiger partial charge in [0.1, 0.15) is 0 Å². The average Bonchev–Trinajstić information content (AvgIpc) is 2.33. The van der Waals surface area contributed by atoms with E-state index in [9.17, 15) is 18.0 Å². The Morgan fingerprint density at radius 1 is 1.22 bits per heavy atom. The zero-order valence-electron chi connectivity index (χ0n) is 10.4. The van der Waals surface area contributed by atoms with E-state index in [0.717, 1.165) is 6.42 Å². The molecule has 6 heteroatoms. The van der Waals surface area contributed by atoms with E-state index in [2.05, 4.69) is 5.32 Å². The van der Waals surface area contributed by atoms with E-state index in [-0.39, 0.29) is 6.42 Å². The molecule has 1 aliphatic rings. The zero-order valence-corrected chi connectivity index (χ0v) is 10.4. The summed E-state index contributed by atoms with van der Waals surface area (Å²) in [5.41, 5.74) is 5.31. The Balaban J connectivity index is 2.47. The van der Waals surface area contributed by atoms with Gasteiger partial charge < -0.3 is 11.1 Å². The molecule has 0 aromatic carbocycles. The van der Waals surface area contributed by atoms with Crippen molar-refractivity contribution in [3.05, 3.63) is 0 Å². The standard InChI is InChI=1S/C12H21F3N2O/c13-12(14,15)10-6-2-1-5-9(10)11(18)17-8-4-3-7-16/h9-10H,1-8,16H2,(H,17,18). The van der Waals surface area contributed by atoms with Gasteiger partial charge in [0.25, 0.3) is 0 Å². The van der Waals surface area contributed by atoms with Crippen LogP contribution in [0.15, 0.2) is 0 Å². The molecule has 106 valence electrons. The molecule has 2 unspecified atom stereocenters. The highest BCUT2D eigenvalue weighted by Crippen LogP contribution is 2.41. The second-order valence-electron chi connectivity index (χ2n) is 4.83. The van der Waals surface area contributed by atoms with Crippen LogP contribution < -0.4 is 11.1 Å². The van der Waals surface area contributed by atoms with Crippen LogP contribution in [0, 0.1) is 11.8 Å². The van der Waals surface area contributed by atoms with Gasteiger partial charge in [0.2, 0.25) is 5.91 Å². The molecule has 18 heavy (non-hydrogen) atoms. The monoisotopic (exact) mass is 266 g/mol. The van der Waals surface area contributed by atoms with E-state index in [1.165, 1.54) is 0 Å². The second kappa shape index (κ2) is 6.97. The number of amides is 1. The fourth-order valence-electron chi connectivity index (χ4n) is 2.45. The summed E-state index contributed by atoms with van der Waals surface area (Å²) in [7, 11) is 0. The largest absolute Gasteiger partial charge is 0.392 e. The molecule has 3 nitrogen and oxygen atoms in total. The van der Waals surface area contributed by atoms with Crippen LogP contribution in [-0.4, -0.2) is 25.2 Å². The summed E-state index contributed by atoms with van der Waals surface area (Å²) < 4.78 is 38.4. The van der Waals surface area contributed by atoms with Crippen LogP contribution in [0.2, 0.25) is 0 Å². The smallest absolute Gasteiger partial charge is 0.356 e. The lowest BCUT2D eigenvalue weighted by atomic mass is 9.78. The van der Waals surface area contributed by atoms with E-state index in [1.807, 2.05) is 0 Å². The Bertz CT molecular complexity index is 269. The van der Waals surface area contributed by atoms with Crippen molar-refractivity contribution in [3.8, 4) is 0 Å². The minimum absolute atomic E-state index is 0.0738. The third-order valence-electron chi connectivity index (χ3n) is 3.45. The molecule has 1 amide bonds. The number of hydrogen-bond donors (Lipinski definition) is 2. The number of unbranched alkanes of at least 4 members (excludes halogenated alkanes) is 1. The molecular weight excluding hydrogens is 245 g/mol. The van der Waals surface area contributed by atoms with E-state index < -0.39 is 23.9 Å². The highest BCUT2D eigenvalue weighted by molar-refractivity contribution is 5.79. The summed E-state index contributed by atoms with van der Waals surface area (Å²) in [6.07, 6.45) is -1.11. The van der Waals surface area contributed by atoms with Gasteiger partial charge in [-0.2, -0.15) is 13.2 Å². The topological polar surface area (TPSA) is 55.1 Å². The molecule has 0 radical (unpaired) electrons. The van der Waals surface area contributed by atoms with Crippen LogP contribution in [0.25, 0.3) is 0 Å². The lowest BCUT2D eigenvalue weighted by Gasteiger charge is -2.32. The summed E-state index contributed by atoms with van der Waals surface area (Å²) >= 11 is 0. The summed E-state index contributed by atoms with van der Waals surface area (Å²) in [4.78, 5) is 11.8. The van der Waals surface area contributed by atoms with Crippen LogP contribution >= 0.6 is 0 Å². The van der Waals surface area contributed by atoms with Crippen molar-refractivity contribution in [2.45, 2.75) is 44.7 Å². The fourth-order valence-corrected chi connectivity index (χ4v) is 2.45. The van der Waals surface area contributed by atoms with Gasteiger partial charge >= 0.3 is 6.18 Å². The zero-order chi connectivity index (χ0) is 13.6. The third kappa shape index (κ3) is 4.48. The van der Waals surface area contributed by atoms with Crippen molar-refractivity contribution in [1.82, 2.24) is 5.32 Å². The SMILES string of the molecule is NCCCCNC(=O)C1CCCCC1C(F)(F)F. The summed E-state index contributed by atoms with van der Waals surface area (Å²) in [5, 5.41) is 2.59. The Labute approximate surface area is 105 Å². The number of alkyl halides is 3. The Kier molecular flexibility index (Phi) is 5.91. The molecule has 0 heterocycles. The molecule has 0 aromatic heterocycles. The molecule has 3 N–H and O–H groups in total. The Hall–Kier alpha value is -0.780. The summed E-state index contributed by atoms with van der Waals surface area (Å²) in [6, 6.07) is 0. The highest BCUT2D eigenvalue weighted by atomic mass is 19.4. The van der Waals surface area contributed by atoms with Gasteiger partial charge in [-0.15, -0.1) is 0 Å². The maximum Gasteiger partial charge on any atom is 0.392 e. The van der Waals surface area contributed by atoms with Crippen LogP contribution in [-0.2, 0) is 4.79 Å². The number of carbonyl (C=O) groups excluding carboxylic acids is 1. The second-order valence-corrected chi connectivity index (χ2v) is 4.83. The summed E-state index contributed by atoms with van der Waals surface area (Å²) in [6.45, 7) is 0.946. The molecule has 1 saturated carbocycles. The van der Waals surface area contributed by atoms with Crippen molar-refractivity contribution < 1.29 is 18.0 Å². The van der Waals surface area contributed by atoms with E-state index in [1.54, 1.807) is 0 Å². The fraction of sp³-hybridized carbons (Fsp3) is 0.917. The first-order chi connectivity index (χ1) is 8.46. The first kappa shape index (κ1) is 15.3. The number of rotatable bonds is 5. The quantitative estimate of drug-likeness (QED) is 0.750. The molecule has 1 aliphatic carbocycles. The van der Waals surface area contributed by atoms with Gasteiger partial charge in [0, 0.05) is 12.5 Å². The molecule has 0 aromatic rings. The van der Waals surface area contributed by atoms with Gasteiger partial charge in [0.05, 0.1) is 5.92 Å². The molecule has 0 saturated heterocycles. The van der Waals surface area contributed by atoms with Crippen molar-refractivity contribution in [1.29, 1.82) is 0 Å². The number of nitrogens with two attached hydrogens (primary N) is 1. The molecule has 0 bridgehead atoms. The van der Waals surface area contributed by atoms with Gasteiger partial charge in [0.15, 0.2) is 0 Å². The van der Waals surface area contributed by atoms with Gasteiger partial charge in [-0.05, 0) is 32.2 Å². The van der Waals surface area contributed by atoms with Crippen molar-refractivity contribution in [2.75, 3.05) is 13.1 Å². The van der Waals surface area contributed by atoms with Gasteiger partial charge in [-0.25, -0.2) is 0 Å². The minimum Gasteiger partial charge on any atom is -0.356 e. The van der Waals surface area contributed by atoms with Crippen LogP contribution in [0.4, 0.5) is 13.2 Å². The Morgan fingerprint density at radius 2 is 1.89 bits per heavy atom. The number of nitrogens with one attached hydrogen (secondary N) is 1. The van der Waals surface area contributed by atoms with Crippen LogP contribution in [0.1, 0.15) is 38.5 Å². The molecule has 0 aliphatic heterocycles. The first-order valence-corrected chi connectivity index (χ1v) is 6.51. The highest BCUT2D eigenvalue weighted by Gasteiger charge is 2.47. The lowest BCUT2D eigenvalue weighted by Crippen LogP contribution is -2.42. The first-order valence-electron chi connectivity index (χ1n) is 6.51. The number of halogens is 3. The number of carbonyl (C=O) groups is 1. The van der Waals surface area contributed by atoms with E-state index in [0.29, 0.717) is 38.8 Å². The molecule has 1 rings (SSSR count). The predicted octanol–water partition coefficient (Wildman–Crippen LogP) is 2.21. The molecule has 0 spiro atoms. The molecule has 1 fully saturated rings. The lowest BCUT2D eigenvalue weighted by molar-refractivity contribution is -0.198. The van der Waals surface area contributed by atoms with Gasteiger partial charge in [-0.3, -0.25) is 4.79 Å². The maximum absolute atomic E-state index is 12.8. The van der Waals surface area contributed by atoms with Gasteiger partial charge in [-0.1, -0.05) is 12.8 Å². The van der Waals surface area contributed by atoms with E-state index in [4.69, 9.17) is 5.73 Å². The average molecular weight is 266 g/mol. The molecular formula is C12H21F3N2O. The summed E-state index contributed by atoms with van der Waals surface area (Å²) in [5.74, 6) is -2.83. The van der Waals surface area contributed by atoms with Crippen molar-refractivity contribution in [3.63, 3.8) is 0 Å². The molecule has 2 atom stereocenters. The minimum atomic E-state index is -4.26. The van der Waals surface area contributed by atoms with Crippen molar-refractivity contribution >= 4 is 5.91 Å². The normalized spacial score (nSPS) is 24.9. The van der Waals surface area contributed by atoms with Crippen molar-refractivity contribution in [2.24, 2.45) is 17.6 Å².